The van der Waals surface area contributed by atoms with Gasteiger partial charge in [-0.3, -0.25) is 4.79 Å². The molecule has 104 valence electrons. The third kappa shape index (κ3) is 1.69. The molecule has 0 N–H and O–H groups in total. The van der Waals surface area contributed by atoms with Crippen LogP contribution in [0.2, 0.25) is 0 Å². The van der Waals surface area contributed by atoms with E-state index in [4.69, 9.17) is 0 Å². The summed E-state index contributed by atoms with van der Waals surface area (Å²) in [5, 5.41) is 0. The van der Waals surface area contributed by atoms with Crippen LogP contribution in [0.4, 0.5) is 13.2 Å². The van der Waals surface area contributed by atoms with Crippen molar-refractivity contribution in [2.75, 3.05) is 0 Å². The van der Waals surface area contributed by atoms with E-state index in [1.54, 1.807) is 13.8 Å². The molecule has 2 saturated carbocycles. The summed E-state index contributed by atoms with van der Waals surface area (Å²) < 4.78 is 63.3. The van der Waals surface area contributed by atoms with Gasteiger partial charge in [-0.05, 0) is 25.2 Å². The Balaban J connectivity index is 2.34. The molecule has 0 spiro atoms. The third-order valence-electron chi connectivity index (χ3n) is 4.05. The molecule has 1 unspecified atom stereocenters. The zero-order chi connectivity index (χ0) is 14.0. The van der Waals surface area contributed by atoms with E-state index in [-0.39, 0.29) is 18.8 Å². The zero-order valence-corrected chi connectivity index (χ0v) is 10.7. The van der Waals surface area contributed by atoms with Gasteiger partial charge in [-0.2, -0.15) is 21.6 Å². The minimum atomic E-state index is -5.73. The first-order chi connectivity index (χ1) is 7.92. The molecule has 0 aliphatic heterocycles. The molecule has 4 nitrogen and oxygen atoms in total. The summed E-state index contributed by atoms with van der Waals surface area (Å²) in [4.78, 5) is 12.1. The molecule has 0 aromatic rings. The van der Waals surface area contributed by atoms with Gasteiger partial charge in [0, 0.05) is 5.41 Å². The highest BCUT2D eigenvalue weighted by molar-refractivity contribution is 7.87. The Bertz CT molecular complexity index is 494. The number of halogens is 3. The van der Waals surface area contributed by atoms with E-state index in [0.29, 0.717) is 6.42 Å². The van der Waals surface area contributed by atoms with E-state index in [1.165, 1.54) is 0 Å². The fourth-order valence-corrected chi connectivity index (χ4v) is 3.72. The number of carbonyl (C=O) groups is 1. The maximum atomic E-state index is 12.3. The van der Waals surface area contributed by atoms with Crippen LogP contribution < -0.4 is 0 Å². The lowest BCUT2D eigenvalue weighted by Crippen LogP contribution is -2.46. The number of hydrogen-bond acceptors (Lipinski definition) is 4. The molecule has 2 aliphatic rings. The van der Waals surface area contributed by atoms with Gasteiger partial charge < -0.3 is 0 Å². The molecular weight excluding hydrogens is 273 g/mol. The Kier molecular flexibility index (Phi) is 2.66. The van der Waals surface area contributed by atoms with Gasteiger partial charge in [0.1, 0.15) is 5.60 Å². The summed E-state index contributed by atoms with van der Waals surface area (Å²) in [5.41, 5.74) is -8.12. The summed E-state index contributed by atoms with van der Waals surface area (Å²) in [5.74, 6) is -0.660. The standard InChI is InChI=1S/C10H13F3O4S/c1-8(2)6-3-4-9(5-6,7(8)14)17-18(15,16)10(11,12)13/h6H,3-5H2,1-2H3/t6?,9-/m1/s1. The van der Waals surface area contributed by atoms with Gasteiger partial charge >= 0.3 is 15.6 Å². The molecule has 18 heavy (non-hydrogen) atoms. The average Bonchev–Trinajstić information content (AvgIpc) is 2.65. The number of rotatable bonds is 2. The Hall–Kier alpha value is -0.630. The van der Waals surface area contributed by atoms with Crippen LogP contribution in [0, 0.1) is 11.3 Å². The zero-order valence-electron chi connectivity index (χ0n) is 9.87. The molecule has 0 amide bonds. The lowest BCUT2D eigenvalue weighted by molar-refractivity contribution is -0.141. The van der Waals surface area contributed by atoms with Crippen LogP contribution in [0.3, 0.4) is 0 Å². The highest BCUT2D eigenvalue weighted by Gasteiger charge is 2.66. The van der Waals surface area contributed by atoms with E-state index < -0.39 is 32.4 Å². The maximum absolute atomic E-state index is 12.3. The van der Waals surface area contributed by atoms with Crippen LogP contribution in [0.5, 0.6) is 0 Å². The monoisotopic (exact) mass is 286 g/mol. The first-order valence-electron chi connectivity index (χ1n) is 5.49. The second-order valence-electron chi connectivity index (χ2n) is 5.47. The molecule has 2 rings (SSSR count). The molecule has 8 heteroatoms. The van der Waals surface area contributed by atoms with Crippen molar-refractivity contribution in [3.05, 3.63) is 0 Å². The van der Waals surface area contributed by atoms with E-state index in [2.05, 4.69) is 4.18 Å². The van der Waals surface area contributed by atoms with E-state index in [9.17, 15) is 26.4 Å². The number of hydrogen-bond donors (Lipinski definition) is 0. The number of carbonyl (C=O) groups excluding carboxylic acids is 1. The van der Waals surface area contributed by atoms with Crippen molar-refractivity contribution in [3.8, 4) is 0 Å². The highest BCUT2D eigenvalue weighted by atomic mass is 32.2. The molecule has 2 bridgehead atoms. The number of fused-ring (bicyclic) bond motifs is 2. The fourth-order valence-electron chi connectivity index (χ4n) is 2.98. The van der Waals surface area contributed by atoms with Crippen molar-refractivity contribution < 1.29 is 30.6 Å². The average molecular weight is 286 g/mol. The Morgan fingerprint density at radius 3 is 2.28 bits per heavy atom. The SMILES string of the molecule is CC1(C)C(=O)[C@@]2(OS(=O)(=O)C(F)(F)F)CCC1C2. The molecule has 0 aromatic heterocycles. The molecular formula is C10H13F3O4S. The van der Waals surface area contributed by atoms with Gasteiger partial charge in [-0.25, -0.2) is 4.18 Å². The normalized spacial score (nSPS) is 35.2. The number of ketones is 1. The minimum absolute atomic E-state index is 0.0369. The van der Waals surface area contributed by atoms with Gasteiger partial charge in [0.15, 0.2) is 5.78 Å². The maximum Gasteiger partial charge on any atom is 0.523 e. The van der Waals surface area contributed by atoms with Crippen molar-refractivity contribution in [1.82, 2.24) is 0 Å². The molecule has 2 fully saturated rings. The predicted molar refractivity (Wildman–Crippen MR) is 54.9 cm³/mol. The lowest BCUT2D eigenvalue weighted by atomic mass is 9.75. The Morgan fingerprint density at radius 1 is 1.33 bits per heavy atom. The van der Waals surface area contributed by atoms with Gasteiger partial charge in [0.2, 0.25) is 0 Å². The van der Waals surface area contributed by atoms with Crippen molar-refractivity contribution in [2.45, 2.75) is 44.2 Å². The smallest absolute Gasteiger partial charge is 0.296 e. The first-order valence-corrected chi connectivity index (χ1v) is 6.90. The number of Topliss-reactive ketones (excluding diaryl/α,β-unsaturated/α-hetero) is 1. The van der Waals surface area contributed by atoms with Crippen LogP contribution in [0.15, 0.2) is 0 Å². The second kappa shape index (κ2) is 3.47. The van der Waals surface area contributed by atoms with E-state index in [1.807, 2.05) is 0 Å². The summed E-state index contributed by atoms with van der Waals surface area (Å²) in [6.45, 7) is 3.23. The predicted octanol–water partition coefficient (Wildman–Crippen LogP) is 2.00. The van der Waals surface area contributed by atoms with Gasteiger partial charge in [-0.15, -0.1) is 0 Å². The van der Waals surface area contributed by atoms with E-state index >= 15 is 0 Å². The number of alkyl halides is 3. The first kappa shape index (κ1) is 13.8. The van der Waals surface area contributed by atoms with Crippen LogP contribution in [-0.2, 0) is 19.1 Å². The molecule has 2 atom stereocenters. The quantitative estimate of drug-likeness (QED) is 0.575. The molecule has 0 radical (unpaired) electrons. The van der Waals surface area contributed by atoms with Crippen molar-refractivity contribution in [2.24, 2.45) is 11.3 Å². The summed E-state index contributed by atoms with van der Waals surface area (Å²) >= 11 is 0. The third-order valence-corrected chi connectivity index (χ3v) is 5.15. The summed E-state index contributed by atoms with van der Waals surface area (Å²) in [7, 11) is -5.73. The van der Waals surface area contributed by atoms with E-state index in [0.717, 1.165) is 0 Å². The van der Waals surface area contributed by atoms with Crippen LogP contribution >= 0.6 is 0 Å². The topological polar surface area (TPSA) is 60.4 Å². The van der Waals surface area contributed by atoms with Gasteiger partial charge in [0.25, 0.3) is 0 Å². The van der Waals surface area contributed by atoms with Crippen molar-refractivity contribution >= 4 is 15.9 Å². The second-order valence-corrected chi connectivity index (χ2v) is 7.01. The van der Waals surface area contributed by atoms with Crippen LogP contribution in [-0.4, -0.2) is 25.3 Å². The van der Waals surface area contributed by atoms with Gasteiger partial charge in [-0.1, -0.05) is 13.8 Å². The molecule has 0 heterocycles. The molecule has 0 aromatic carbocycles. The van der Waals surface area contributed by atoms with Crippen molar-refractivity contribution in [1.29, 1.82) is 0 Å². The fraction of sp³-hybridized carbons (Fsp3) is 0.900. The van der Waals surface area contributed by atoms with Crippen molar-refractivity contribution in [3.63, 3.8) is 0 Å². The molecule has 0 saturated heterocycles. The van der Waals surface area contributed by atoms with Crippen LogP contribution in [0.1, 0.15) is 33.1 Å². The Labute approximate surface area is 103 Å². The summed E-state index contributed by atoms with van der Waals surface area (Å²) in [6.07, 6.45) is 0.593. The van der Waals surface area contributed by atoms with Crippen LogP contribution in [0.25, 0.3) is 0 Å². The highest BCUT2D eigenvalue weighted by Crippen LogP contribution is 2.57. The summed E-state index contributed by atoms with van der Waals surface area (Å²) in [6, 6.07) is 0. The largest absolute Gasteiger partial charge is 0.523 e. The lowest BCUT2D eigenvalue weighted by Gasteiger charge is -2.32. The molecule has 2 aliphatic carbocycles. The minimum Gasteiger partial charge on any atom is -0.296 e. The van der Waals surface area contributed by atoms with Gasteiger partial charge in [0.05, 0.1) is 0 Å². The Morgan fingerprint density at radius 2 is 1.89 bits per heavy atom.